The van der Waals surface area contributed by atoms with Gasteiger partial charge in [0.2, 0.25) is 5.82 Å². The van der Waals surface area contributed by atoms with Gasteiger partial charge in [0.1, 0.15) is 0 Å². The van der Waals surface area contributed by atoms with E-state index in [1.54, 1.807) is 0 Å². The van der Waals surface area contributed by atoms with Crippen LogP contribution in [0.5, 0.6) is 0 Å². The molecule has 0 aliphatic heterocycles. The van der Waals surface area contributed by atoms with E-state index in [0.29, 0.717) is 6.54 Å². The standard InChI is InChI=1S/C16H19ClN4O2/c1-21-15(23)19-13(20-21)14(22)18-10-16(6-3-7-16)9-11-4-2-5-12(17)8-11/h2,4-5,8H,3,6-7,9-10H2,1H3,(H,18,22)(H,19,20,23). The molecule has 0 spiro atoms. The number of carbonyl (C=O) groups is 1. The predicted octanol–water partition coefficient (Wildman–Crippen LogP) is 1.90. The van der Waals surface area contributed by atoms with Crippen molar-refractivity contribution >= 4 is 17.5 Å². The Hall–Kier alpha value is -2.08. The minimum Gasteiger partial charge on any atom is -0.349 e. The highest BCUT2D eigenvalue weighted by Crippen LogP contribution is 2.43. The third-order valence-corrected chi connectivity index (χ3v) is 4.73. The van der Waals surface area contributed by atoms with E-state index in [1.165, 1.54) is 12.6 Å². The molecule has 1 aliphatic carbocycles. The molecule has 1 fully saturated rings. The molecule has 1 aromatic carbocycles. The average Bonchev–Trinajstić information content (AvgIpc) is 2.81. The number of benzene rings is 1. The Morgan fingerprint density at radius 3 is 2.83 bits per heavy atom. The van der Waals surface area contributed by atoms with Gasteiger partial charge in [-0.2, -0.15) is 0 Å². The van der Waals surface area contributed by atoms with E-state index in [4.69, 9.17) is 11.6 Å². The van der Waals surface area contributed by atoms with E-state index >= 15 is 0 Å². The molecule has 122 valence electrons. The molecule has 0 atom stereocenters. The third kappa shape index (κ3) is 3.47. The second-order valence-electron chi connectivity index (χ2n) is 6.25. The Labute approximate surface area is 138 Å². The largest absolute Gasteiger partial charge is 0.349 e. The number of nitrogens with one attached hydrogen (secondary N) is 2. The monoisotopic (exact) mass is 334 g/mol. The molecule has 1 amide bonds. The fourth-order valence-electron chi connectivity index (χ4n) is 3.03. The fourth-order valence-corrected chi connectivity index (χ4v) is 3.24. The normalized spacial score (nSPS) is 15.9. The minimum atomic E-state index is -0.396. The van der Waals surface area contributed by atoms with Crippen LogP contribution < -0.4 is 11.0 Å². The van der Waals surface area contributed by atoms with Crippen molar-refractivity contribution in [1.29, 1.82) is 0 Å². The van der Waals surface area contributed by atoms with Crippen molar-refractivity contribution in [1.82, 2.24) is 20.1 Å². The number of aryl methyl sites for hydroxylation is 1. The topological polar surface area (TPSA) is 79.8 Å². The third-order valence-electron chi connectivity index (χ3n) is 4.49. The van der Waals surface area contributed by atoms with Gasteiger partial charge < -0.3 is 5.32 Å². The van der Waals surface area contributed by atoms with Crippen LogP contribution in [0.2, 0.25) is 5.02 Å². The van der Waals surface area contributed by atoms with Crippen molar-refractivity contribution in [2.24, 2.45) is 12.5 Å². The number of aromatic nitrogens is 3. The molecule has 2 N–H and O–H groups in total. The van der Waals surface area contributed by atoms with E-state index in [9.17, 15) is 9.59 Å². The summed E-state index contributed by atoms with van der Waals surface area (Å²) in [5.41, 5.74) is 0.847. The number of hydrogen-bond donors (Lipinski definition) is 2. The van der Waals surface area contributed by atoms with Gasteiger partial charge in [-0.05, 0) is 42.4 Å². The van der Waals surface area contributed by atoms with Gasteiger partial charge in [0.25, 0.3) is 5.91 Å². The van der Waals surface area contributed by atoms with E-state index in [-0.39, 0.29) is 17.1 Å². The second kappa shape index (κ2) is 6.20. The van der Waals surface area contributed by atoms with Crippen LogP contribution in [0, 0.1) is 5.41 Å². The summed E-state index contributed by atoms with van der Waals surface area (Å²) >= 11 is 6.05. The van der Waals surface area contributed by atoms with Crippen LogP contribution in [0.25, 0.3) is 0 Å². The molecule has 23 heavy (non-hydrogen) atoms. The van der Waals surface area contributed by atoms with Gasteiger partial charge in [-0.15, -0.1) is 5.10 Å². The van der Waals surface area contributed by atoms with Crippen molar-refractivity contribution in [3.05, 3.63) is 51.2 Å². The summed E-state index contributed by atoms with van der Waals surface area (Å²) in [6, 6.07) is 7.84. The predicted molar refractivity (Wildman–Crippen MR) is 87.6 cm³/mol. The second-order valence-corrected chi connectivity index (χ2v) is 6.68. The zero-order chi connectivity index (χ0) is 16.4. The number of aromatic amines is 1. The van der Waals surface area contributed by atoms with Gasteiger partial charge in [0, 0.05) is 18.6 Å². The van der Waals surface area contributed by atoms with E-state index in [1.807, 2.05) is 18.2 Å². The molecule has 1 aliphatic rings. The van der Waals surface area contributed by atoms with Crippen LogP contribution in [0.3, 0.4) is 0 Å². The molecule has 0 radical (unpaired) electrons. The fraction of sp³-hybridized carbons (Fsp3) is 0.438. The van der Waals surface area contributed by atoms with E-state index in [0.717, 1.165) is 35.4 Å². The number of rotatable bonds is 5. The van der Waals surface area contributed by atoms with Gasteiger partial charge >= 0.3 is 5.69 Å². The summed E-state index contributed by atoms with van der Waals surface area (Å²) < 4.78 is 1.11. The molecule has 3 rings (SSSR count). The Morgan fingerprint density at radius 2 is 2.26 bits per heavy atom. The lowest BCUT2D eigenvalue weighted by molar-refractivity contribution is 0.0850. The quantitative estimate of drug-likeness (QED) is 0.876. The van der Waals surface area contributed by atoms with Crippen LogP contribution in [-0.4, -0.2) is 27.2 Å². The summed E-state index contributed by atoms with van der Waals surface area (Å²) in [4.78, 5) is 25.9. The average molecular weight is 335 g/mol. The summed E-state index contributed by atoms with van der Waals surface area (Å²) in [6.07, 6.45) is 4.18. The van der Waals surface area contributed by atoms with Crippen LogP contribution in [-0.2, 0) is 13.5 Å². The van der Waals surface area contributed by atoms with Crippen molar-refractivity contribution < 1.29 is 4.79 Å². The first-order valence-corrected chi connectivity index (χ1v) is 8.01. The molecule has 6 nitrogen and oxygen atoms in total. The van der Waals surface area contributed by atoms with Crippen molar-refractivity contribution in [2.45, 2.75) is 25.7 Å². The smallest absolute Gasteiger partial charge is 0.343 e. The molecule has 0 bridgehead atoms. The van der Waals surface area contributed by atoms with Gasteiger partial charge in [0.05, 0.1) is 0 Å². The highest BCUT2D eigenvalue weighted by Gasteiger charge is 2.37. The zero-order valence-corrected chi connectivity index (χ0v) is 13.7. The summed E-state index contributed by atoms with van der Waals surface area (Å²) in [5, 5.41) is 7.50. The van der Waals surface area contributed by atoms with Crippen LogP contribution in [0.4, 0.5) is 0 Å². The lowest BCUT2D eigenvalue weighted by atomic mass is 9.65. The highest BCUT2D eigenvalue weighted by molar-refractivity contribution is 6.30. The molecule has 0 saturated heterocycles. The number of halogens is 1. The summed E-state index contributed by atoms with van der Waals surface area (Å²) in [5.74, 6) is -0.296. The number of hydrogen-bond acceptors (Lipinski definition) is 3. The van der Waals surface area contributed by atoms with Crippen LogP contribution in [0.15, 0.2) is 29.1 Å². The Bertz CT molecular complexity index is 776. The molecule has 2 aromatic rings. The van der Waals surface area contributed by atoms with Crippen LogP contribution in [0.1, 0.15) is 35.4 Å². The molecule has 1 saturated carbocycles. The van der Waals surface area contributed by atoms with Crippen LogP contribution >= 0.6 is 11.6 Å². The number of amides is 1. The van der Waals surface area contributed by atoms with Crippen molar-refractivity contribution in [3.63, 3.8) is 0 Å². The highest BCUT2D eigenvalue weighted by atomic mass is 35.5. The van der Waals surface area contributed by atoms with E-state index < -0.39 is 5.69 Å². The molecular weight excluding hydrogens is 316 g/mol. The lowest BCUT2D eigenvalue weighted by Crippen LogP contribution is -2.44. The first-order valence-electron chi connectivity index (χ1n) is 7.63. The molecule has 7 heteroatoms. The van der Waals surface area contributed by atoms with Crippen molar-refractivity contribution in [3.8, 4) is 0 Å². The summed E-state index contributed by atoms with van der Waals surface area (Å²) in [7, 11) is 1.50. The van der Waals surface area contributed by atoms with Gasteiger partial charge in [0.15, 0.2) is 0 Å². The maximum absolute atomic E-state index is 12.1. The van der Waals surface area contributed by atoms with Crippen molar-refractivity contribution in [2.75, 3.05) is 6.54 Å². The Balaban J connectivity index is 1.65. The molecule has 1 heterocycles. The van der Waals surface area contributed by atoms with Gasteiger partial charge in [-0.1, -0.05) is 30.2 Å². The molecule has 0 unspecified atom stereocenters. The first kappa shape index (κ1) is 15.8. The maximum atomic E-state index is 12.1. The number of nitrogens with zero attached hydrogens (tertiary/aromatic N) is 2. The summed E-state index contributed by atoms with van der Waals surface area (Å²) in [6.45, 7) is 0.566. The van der Waals surface area contributed by atoms with Gasteiger partial charge in [-0.3, -0.25) is 9.78 Å². The minimum absolute atomic E-state index is 0.0507. The molecular formula is C16H19ClN4O2. The SMILES string of the molecule is Cn1nc(C(=O)NCC2(Cc3cccc(Cl)c3)CCC2)[nH]c1=O. The number of carbonyl (C=O) groups excluding carboxylic acids is 1. The Morgan fingerprint density at radius 1 is 1.48 bits per heavy atom. The van der Waals surface area contributed by atoms with Gasteiger partial charge in [-0.25, -0.2) is 9.48 Å². The lowest BCUT2D eigenvalue weighted by Gasteiger charge is -2.42. The maximum Gasteiger partial charge on any atom is 0.343 e. The molecule has 1 aromatic heterocycles. The van der Waals surface area contributed by atoms with E-state index in [2.05, 4.69) is 21.5 Å². The first-order chi connectivity index (χ1) is 11.0. The Kier molecular flexibility index (Phi) is 4.26. The zero-order valence-electron chi connectivity index (χ0n) is 12.9. The number of H-pyrrole nitrogens is 1.